The highest BCUT2D eigenvalue weighted by atomic mass is 32.2. The normalized spacial score (nSPS) is 17.6. The largest absolute Gasteiger partial charge is 0.465 e. The van der Waals surface area contributed by atoms with Crippen molar-refractivity contribution in [3.8, 4) is 5.75 Å². The summed E-state index contributed by atoms with van der Waals surface area (Å²) in [5.74, 6) is -0.427. The fourth-order valence-corrected chi connectivity index (χ4v) is 3.16. The number of sulfone groups is 1. The minimum absolute atomic E-state index is 0.213. The Hall–Kier alpha value is -2.48. The molecule has 0 saturated carbocycles. The van der Waals surface area contributed by atoms with E-state index in [4.69, 9.17) is 4.74 Å². The van der Waals surface area contributed by atoms with Gasteiger partial charge in [-0.3, -0.25) is 9.59 Å². The van der Waals surface area contributed by atoms with Crippen molar-refractivity contribution < 1.29 is 17.9 Å². The third-order valence-electron chi connectivity index (χ3n) is 2.83. The monoisotopic (exact) mass is 292 g/mol. The molecule has 1 aromatic carbocycles. The molecular formula is C12H8N2O5S. The molecule has 0 saturated heterocycles. The molecule has 0 radical (unpaired) electrons. The van der Waals surface area contributed by atoms with Crippen molar-refractivity contribution in [2.45, 2.75) is 10.5 Å². The van der Waals surface area contributed by atoms with E-state index < -0.39 is 31.6 Å². The van der Waals surface area contributed by atoms with Crippen molar-refractivity contribution in [3.63, 3.8) is 0 Å². The Morgan fingerprint density at radius 3 is 2.50 bits per heavy atom. The first-order chi connectivity index (χ1) is 9.50. The number of rotatable bonds is 2. The molecule has 0 amide bonds. The van der Waals surface area contributed by atoms with Crippen molar-refractivity contribution in [1.82, 2.24) is 10.2 Å². The van der Waals surface area contributed by atoms with Crippen molar-refractivity contribution in [3.05, 3.63) is 52.3 Å². The standard InChI is InChI=1S/C12H8N2O5S/c15-9-5-6-10(14-13-9)20(17,18)12-11(16)7-3-1-2-4-8(7)19-12/h1-6,12H,(H,13,15). The predicted molar refractivity (Wildman–Crippen MR) is 67.2 cm³/mol. The van der Waals surface area contributed by atoms with Crippen LogP contribution in [-0.2, 0) is 9.84 Å². The topological polar surface area (TPSA) is 106 Å². The Kier molecular flexibility index (Phi) is 2.68. The van der Waals surface area contributed by atoms with E-state index in [0.717, 1.165) is 12.1 Å². The van der Waals surface area contributed by atoms with Crippen LogP contribution in [0.25, 0.3) is 0 Å². The van der Waals surface area contributed by atoms with Crippen LogP contribution in [-0.4, -0.2) is 29.8 Å². The average Bonchev–Trinajstić information content (AvgIpc) is 2.78. The molecule has 8 heteroatoms. The maximum Gasteiger partial charge on any atom is 0.267 e. The first-order valence-corrected chi connectivity index (χ1v) is 7.14. The maximum absolute atomic E-state index is 12.3. The molecule has 102 valence electrons. The summed E-state index contributed by atoms with van der Waals surface area (Å²) in [7, 11) is -4.13. The van der Waals surface area contributed by atoms with E-state index in [1.165, 1.54) is 12.1 Å². The SMILES string of the molecule is O=C1c2ccccc2OC1S(=O)(=O)c1ccc(=O)[nH]n1. The number of ketones is 1. The first kappa shape index (κ1) is 12.5. The molecule has 1 unspecified atom stereocenters. The molecule has 0 aliphatic carbocycles. The van der Waals surface area contributed by atoms with Gasteiger partial charge in [0.25, 0.3) is 11.0 Å². The molecule has 1 N–H and O–H groups in total. The zero-order valence-corrected chi connectivity index (χ0v) is 10.8. The van der Waals surface area contributed by atoms with Crippen LogP contribution in [0.3, 0.4) is 0 Å². The fourth-order valence-electron chi connectivity index (χ4n) is 1.87. The van der Waals surface area contributed by atoms with Gasteiger partial charge < -0.3 is 4.74 Å². The number of hydrogen-bond acceptors (Lipinski definition) is 6. The molecule has 1 aliphatic heterocycles. The highest BCUT2D eigenvalue weighted by Gasteiger charge is 2.43. The number of nitrogens with one attached hydrogen (secondary N) is 1. The third-order valence-corrected chi connectivity index (χ3v) is 4.51. The van der Waals surface area contributed by atoms with Gasteiger partial charge in [-0.25, -0.2) is 13.5 Å². The van der Waals surface area contributed by atoms with Gasteiger partial charge in [-0.1, -0.05) is 12.1 Å². The zero-order chi connectivity index (χ0) is 14.3. The molecular weight excluding hydrogens is 284 g/mol. The van der Waals surface area contributed by atoms with Crippen LogP contribution in [0.2, 0.25) is 0 Å². The quantitative estimate of drug-likeness (QED) is 0.844. The number of nitrogens with zero attached hydrogens (tertiary/aromatic N) is 1. The third kappa shape index (κ3) is 1.81. The van der Waals surface area contributed by atoms with Gasteiger partial charge >= 0.3 is 0 Å². The smallest absolute Gasteiger partial charge is 0.267 e. The van der Waals surface area contributed by atoms with E-state index >= 15 is 0 Å². The average molecular weight is 292 g/mol. The second-order valence-electron chi connectivity index (χ2n) is 4.11. The lowest BCUT2D eigenvalue weighted by Crippen LogP contribution is -2.32. The van der Waals surface area contributed by atoms with Gasteiger partial charge in [0, 0.05) is 6.07 Å². The Morgan fingerprint density at radius 1 is 1.10 bits per heavy atom. The number of Topliss-reactive ketones (excluding diaryl/α,β-unsaturated/α-hetero) is 1. The molecule has 2 heterocycles. The van der Waals surface area contributed by atoms with Crippen LogP contribution < -0.4 is 10.3 Å². The summed E-state index contributed by atoms with van der Waals surface area (Å²) in [5, 5.41) is 5.03. The van der Waals surface area contributed by atoms with Crippen LogP contribution >= 0.6 is 0 Å². The lowest BCUT2D eigenvalue weighted by Gasteiger charge is -2.09. The van der Waals surface area contributed by atoms with E-state index in [1.807, 2.05) is 5.10 Å². The van der Waals surface area contributed by atoms with Gasteiger partial charge in [0.2, 0.25) is 15.6 Å². The van der Waals surface area contributed by atoms with E-state index in [0.29, 0.717) is 0 Å². The lowest BCUT2D eigenvalue weighted by atomic mass is 10.1. The van der Waals surface area contributed by atoms with Crippen LogP contribution in [0, 0.1) is 0 Å². The number of ether oxygens (including phenoxy) is 1. The number of carbonyl (C=O) groups excluding carboxylic acids is 1. The van der Waals surface area contributed by atoms with Gasteiger partial charge in [0.1, 0.15) is 5.75 Å². The second-order valence-corrected chi connectivity index (χ2v) is 6.05. The van der Waals surface area contributed by atoms with Crippen LogP contribution in [0.4, 0.5) is 0 Å². The molecule has 0 fully saturated rings. The number of benzene rings is 1. The lowest BCUT2D eigenvalue weighted by molar-refractivity contribution is 0.0930. The zero-order valence-electron chi connectivity index (χ0n) is 9.94. The summed E-state index contributed by atoms with van der Waals surface area (Å²) in [6, 6.07) is 8.32. The summed E-state index contributed by atoms with van der Waals surface area (Å²) in [5.41, 5.74) is -1.99. The Morgan fingerprint density at radius 2 is 1.85 bits per heavy atom. The van der Waals surface area contributed by atoms with Gasteiger partial charge in [-0.2, -0.15) is 5.10 Å². The predicted octanol–water partition coefficient (Wildman–Crippen LogP) is 0.145. The summed E-state index contributed by atoms with van der Waals surface area (Å²) in [6.07, 6.45) is 0. The van der Waals surface area contributed by atoms with Crippen molar-refractivity contribution in [1.29, 1.82) is 0 Å². The maximum atomic E-state index is 12.3. The fraction of sp³-hybridized carbons (Fsp3) is 0.0833. The highest BCUT2D eigenvalue weighted by molar-refractivity contribution is 7.92. The molecule has 1 aliphatic rings. The molecule has 7 nitrogen and oxygen atoms in total. The Labute approximate surface area is 113 Å². The molecule has 20 heavy (non-hydrogen) atoms. The molecule has 1 aromatic heterocycles. The van der Waals surface area contributed by atoms with Gasteiger partial charge in [0.15, 0.2) is 5.03 Å². The van der Waals surface area contributed by atoms with Crippen molar-refractivity contribution in [2.75, 3.05) is 0 Å². The van der Waals surface area contributed by atoms with Crippen LogP contribution in [0.1, 0.15) is 10.4 Å². The molecule has 0 spiro atoms. The molecule has 1 atom stereocenters. The van der Waals surface area contributed by atoms with Gasteiger partial charge in [-0.15, -0.1) is 0 Å². The molecule has 0 bridgehead atoms. The Bertz CT molecular complexity index is 836. The number of para-hydroxylation sites is 1. The van der Waals surface area contributed by atoms with Crippen LogP contribution in [0.15, 0.2) is 46.2 Å². The summed E-state index contributed by atoms with van der Waals surface area (Å²) >= 11 is 0. The van der Waals surface area contributed by atoms with E-state index in [-0.39, 0.29) is 11.3 Å². The van der Waals surface area contributed by atoms with Gasteiger partial charge in [-0.05, 0) is 18.2 Å². The Balaban J connectivity index is 2.05. The number of aromatic nitrogens is 2. The van der Waals surface area contributed by atoms with Crippen molar-refractivity contribution in [2.24, 2.45) is 0 Å². The minimum Gasteiger partial charge on any atom is -0.465 e. The second kappa shape index (κ2) is 4.27. The van der Waals surface area contributed by atoms with E-state index in [2.05, 4.69) is 5.10 Å². The number of carbonyl (C=O) groups is 1. The number of aromatic amines is 1. The molecule has 3 rings (SSSR count). The number of hydrogen-bond donors (Lipinski definition) is 1. The summed E-state index contributed by atoms with van der Waals surface area (Å²) < 4.78 is 29.8. The highest BCUT2D eigenvalue weighted by Crippen LogP contribution is 2.32. The number of H-pyrrole nitrogens is 1. The van der Waals surface area contributed by atoms with Crippen LogP contribution in [0.5, 0.6) is 5.75 Å². The van der Waals surface area contributed by atoms with Gasteiger partial charge in [0.05, 0.1) is 5.56 Å². The summed E-state index contributed by atoms with van der Waals surface area (Å²) in [4.78, 5) is 23.0. The summed E-state index contributed by atoms with van der Waals surface area (Å²) in [6.45, 7) is 0. The minimum atomic E-state index is -4.13. The van der Waals surface area contributed by atoms with Crippen molar-refractivity contribution >= 4 is 15.6 Å². The first-order valence-electron chi connectivity index (χ1n) is 5.60. The molecule has 2 aromatic rings. The number of fused-ring (bicyclic) bond motifs is 1. The van der Waals surface area contributed by atoms with E-state index in [9.17, 15) is 18.0 Å². The van der Waals surface area contributed by atoms with E-state index in [1.54, 1.807) is 12.1 Å².